The molecule has 1 aromatic heterocycles. The molecule has 1 aliphatic heterocycles. The Bertz CT molecular complexity index is 939. The number of thiophene rings is 1. The van der Waals surface area contributed by atoms with E-state index >= 15 is 0 Å². The first-order chi connectivity index (χ1) is 14.4. The Hall–Kier alpha value is -2.00. The number of carbonyl (C=O) groups excluding carboxylic acids is 1. The maximum Gasteiger partial charge on any atom is 0.261 e. The van der Waals surface area contributed by atoms with Crippen molar-refractivity contribution >= 4 is 33.6 Å². The van der Waals surface area contributed by atoms with E-state index in [9.17, 15) is 9.00 Å². The highest BCUT2D eigenvalue weighted by molar-refractivity contribution is 7.86. The van der Waals surface area contributed by atoms with Crippen molar-refractivity contribution in [3.8, 4) is 16.2 Å². The van der Waals surface area contributed by atoms with Crippen molar-refractivity contribution in [2.75, 3.05) is 33.0 Å². The van der Waals surface area contributed by atoms with Crippen LogP contribution in [0.5, 0.6) is 5.75 Å². The van der Waals surface area contributed by atoms with Gasteiger partial charge in [0.25, 0.3) is 5.91 Å². The van der Waals surface area contributed by atoms with E-state index in [2.05, 4.69) is 35.2 Å². The minimum atomic E-state index is -1.38. The monoisotopic (exact) mass is 448 g/mol. The molecule has 1 aromatic carbocycles. The van der Waals surface area contributed by atoms with Crippen LogP contribution in [0, 0.1) is 0 Å². The van der Waals surface area contributed by atoms with Crippen LogP contribution in [0.1, 0.15) is 25.3 Å². The lowest BCUT2D eigenvalue weighted by atomic mass is 9.97. The summed E-state index contributed by atoms with van der Waals surface area (Å²) in [5, 5.41) is 11.0. The number of hydrogen-bond acceptors (Lipinski definition) is 6. The van der Waals surface area contributed by atoms with Gasteiger partial charge in [-0.25, -0.2) is 5.48 Å². The quantitative estimate of drug-likeness (QED) is 0.477. The maximum absolute atomic E-state index is 12.0. The number of hydroxylamine groups is 1. The van der Waals surface area contributed by atoms with Crippen LogP contribution in [-0.4, -0.2) is 58.0 Å². The summed E-state index contributed by atoms with van der Waals surface area (Å²) in [6.45, 7) is 3.93. The van der Waals surface area contributed by atoms with Crippen molar-refractivity contribution in [3.05, 3.63) is 47.4 Å². The van der Waals surface area contributed by atoms with Crippen LogP contribution in [0.15, 0.2) is 41.8 Å². The van der Waals surface area contributed by atoms with E-state index in [1.165, 1.54) is 17.4 Å². The largest absolute Gasteiger partial charge is 0.495 e. The fourth-order valence-electron chi connectivity index (χ4n) is 3.56. The minimum Gasteiger partial charge on any atom is -0.495 e. The van der Waals surface area contributed by atoms with E-state index in [0.29, 0.717) is 13.0 Å². The Kier molecular flexibility index (Phi) is 7.46. The summed E-state index contributed by atoms with van der Waals surface area (Å²) >= 11 is 1.67. The first-order valence-electron chi connectivity index (χ1n) is 9.81. The van der Waals surface area contributed by atoms with E-state index in [1.54, 1.807) is 30.9 Å². The summed E-state index contributed by atoms with van der Waals surface area (Å²) in [5.74, 6) is 0.300. The van der Waals surface area contributed by atoms with Crippen molar-refractivity contribution in [2.24, 2.45) is 0 Å². The molecule has 0 bridgehead atoms. The fraction of sp³-hybridized carbons (Fsp3) is 0.409. The molecule has 0 spiro atoms. The number of nitrogens with zero attached hydrogens (tertiary/aromatic N) is 1. The molecule has 0 saturated heterocycles. The van der Waals surface area contributed by atoms with Crippen molar-refractivity contribution in [3.63, 3.8) is 0 Å². The molecule has 2 unspecified atom stereocenters. The Labute approximate surface area is 184 Å². The van der Waals surface area contributed by atoms with Crippen LogP contribution < -0.4 is 10.2 Å². The van der Waals surface area contributed by atoms with E-state index in [1.807, 2.05) is 11.4 Å². The van der Waals surface area contributed by atoms with Gasteiger partial charge in [-0.15, -0.1) is 11.3 Å². The van der Waals surface area contributed by atoms with Crippen molar-refractivity contribution in [2.45, 2.75) is 24.5 Å². The highest BCUT2D eigenvalue weighted by Crippen LogP contribution is 2.36. The predicted molar refractivity (Wildman–Crippen MR) is 122 cm³/mol. The molecule has 2 atom stereocenters. The molecule has 162 valence electrons. The summed E-state index contributed by atoms with van der Waals surface area (Å²) in [6, 6.07) is 10.5. The number of carbonyl (C=O) groups is 1. The van der Waals surface area contributed by atoms with E-state index < -0.39 is 21.5 Å². The molecule has 3 rings (SSSR count). The minimum absolute atomic E-state index is 0.420. The lowest BCUT2D eigenvalue weighted by molar-refractivity contribution is -0.131. The zero-order chi connectivity index (χ0) is 21.7. The lowest BCUT2D eigenvalue weighted by Crippen LogP contribution is -2.48. The van der Waals surface area contributed by atoms with Crippen LogP contribution in [0.2, 0.25) is 0 Å². The maximum atomic E-state index is 12.0. The lowest BCUT2D eigenvalue weighted by Gasteiger charge is -2.31. The molecule has 1 amide bonds. The van der Waals surface area contributed by atoms with Crippen LogP contribution in [0.25, 0.3) is 16.0 Å². The van der Waals surface area contributed by atoms with E-state index in [4.69, 9.17) is 9.94 Å². The number of nitrogens with one attached hydrogen (secondary N) is 1. The van der Waals surface area contributed by atoms with Gasteiger partial charge in [0, 0.05) is 36.7 Å². The van der Waals surface area contributed by atoms with Crippen molar-refractivity contribution < 1.29 is 18.9 Å². The van der Waals surface area contributed by atoms with Gasteiger partial charge < -0.3 is 4.74 Å². The molecule has 0 fully saturated rings. The summed E-state index contributed by atoms with van der Waals surface area (Å²) in [7, 11) is 0.310. The predicted octanol–water partition coefficient (Wildman–Crippen LogP) is 3.55. The zero-order valence-corrected chi connectivity index (χ0v) is 19.1. The van der Waals surface area contributed by atoms with Gasteiger partial charge in [0.15, 0.2) is 0 Å². The van der Waals surface area contributed by atoms with Crippen LogP contribution in [-0.2, 0) is 15.6 Å². The third kappa shape index (κ3) is 4.83. The average Bonchev–Trinajstić information content (AvgIpc) is 3.26. The number of hydrogen-bond donors (Lipinski definition) is 2. The second-order valence-electron chi connectivity index (χ2n) is 7.55. The molecule has 2 aromatic rings. The summed E-state index contributed by atoms with van der Waals surface area (Å²) < 4.78 is 16.3. The highest BCUT2D eigenvalue weighted by atomic mass is 32.2. The van der Waals surface area contributed by atoms with Gasteiger partial charge in [0.2, 0.25) is 0 Å². The number of methoxy groups -OCH3 is 1. The van der Waals surface area contributed by atoms with Gasteiger partial charge in [-0.2, -0.15) is 0 Å². The first kappa shape index (κ1) is 22.7. The van der Waals surface area contributed by atoms with Gasteiger partial charge >= 0.3 is 0 Å². The highest BCUT2D eigenvalue weighted by Gasteiger charge is 2.37. The molecular weight excluding hydrogens is 420 g/mol. The molecule has 0 aliphatic carbocycles. The standard InChI is InChI=1S/C22H28N2O4S2/c1-22(30(3)27,21(25)23-26)11-14-24-12-8-17(9-13-24)16-4-6-18(7-5-16)20-19(28-2)10-15-29-20/h4-8,10,15,26H,9,11-14H2,1-3H3,(H,23,25). The van der Waals surface area contributed by atoms with Gasteiger partial charge in [-0.3, -0.25) is 19.1 Å². The molecule has 1 aliphatic rings. The molecule has 30 heavy (non-hydrogen) atoms. The number of benzene rings is 1. The van der Waals surface area contributed by atoms with Gasteiger partial charge in [0.05, 0.1) is 12.0 Å². The Morgan fingerprint density at radius 2 is 2.00 bits per heavy atom. The van der Waals surface area contributed by atoms with E-state index in [-0.39, 0.29) is 0 Å². The van der Waals surface area contributed by atoms with E-state index in [0.717, 1.165) is 35.7 Å². The molecule has 6 nitrogen and oxygen atoms in total. The fourth-order valence-corrected chi connectivity index (χ4v) is 5.11. The molecule has 0 saturated carbocycles. The number of amides is 1. The second kappa shape index (κ2) is 9.87. The molecule has 2 heterocycles. The smallest absolute Gasteiger partial charge is 0.261 e. The Morgan fingerprint density at radius 3 is 2.57 bits per heavy atom. The third-order valence-corrected chi connectivity index (χ3v) is 8.38. The summed E-state index contributed by atoms with van der Waals surface area (Å²) in [6.07, 6.45) is 5.05. The van der Waals surface area contributed by atoms with Crippen LogP contribution in [0.3, 0.4) is 0 Å². The SMILES string of the molecule is COc1ccsc1-c1ccc(C2=CCN(CCC(C)(C(=O)NO)S(C)=O)CC2)cc1. The second-order valence-corrected chi connectivity index (χ2v) is 10.3. The number of ether oxygens (including phenoxy) is 1. The molecular formula is C22H28N2O4S2. The number of rotatable bonds is 8. The molecule has 0 radical (unpaired) electrons. The van der Waals surface area contributed by atoms with Crippen LogP contribution in [0.4, 0.5) is 0 Å². The molecule has 2 N–H and O–H groups in total. The van der Waals surface area contributed by atoms with Crippen molar-refractivity contribution in [1.29, 1.82) is 0 Å². The zero-order valence-electron chi connectivity index (χ0n) is 17.5. The third-order valence-electron chi connectivity index (χ3n) is 5.78. The Morgan fingerprint density at radius 1 is 1.30 bits per heavy atom. The summed E-state index contributed by atoms with van der Waals surface area (Å²) in [4.78, 5) is 15.3. The van der Waals surface area contributed by atoms with Gasteiger partial charge in [0.1, 0.15) is 10.5 Å². The average molecular weight is 449 g/mol. The normalized spacial score (nSPS) is 17.7. The van der Waals surface area contributed by atoms with Gasteiger partial charge in [-0.1, -0.05) is 30.3 Å². The van der Waals surface area contributed by atoms with Gasteiger partial charge in [-0.05, 0) is 47.9 Å². The van der Waals surface area contributed by atoms with Crippen molar-refractivity contribution in [1.82, 2.24) is 10.4 Å². The van der Waals surface area contributed by atoms with Crippen LogP contribution >= 0.6 is 11.3 Å². The Balaban J connectivity index is 1.62. The molecule has 8 heteroatoms. The summed E-state index contributed by atoms with van der Waals surface area (Å²) in [5.41, 5.74) is 5.33. The topological polar surface area (TPSA) is 78.9 Å². The first-order valence-corrected chi connectivity index (χ1v) is 12.2.